The van der Waals surface area contributed by atoms with Crippen molar-refractivity contribution in [2.24, 2.45) is 5.84 Å². The van der Waals surface area contributed by atoms with Crippen LogP contribution in [0, 0.1) is 6.92 Å². The summed E-state index contributed by atoms with van der Waals surface area (Å²) in [7, 11) is 0. The molecule has 3 aromatic rings. The minimum Gasteiger partial charge on any atom is -0.339 e. The minimum absolute atomic E-state index is 0.410. The standard InChI is InChI=1S/C14H15N5S2/c1-8-6-11-12(17-14(19-15)18-13(11)21-8)16-9-4-3-5-10(7-9)20-2/h3-7H,15H2,1-2H3,(H2,16,17,18,19). The Labute approximate surface area is 131 Å². The van der Waals surface area contributed by atoms with E-state index in [-0.39, 0.29) is 0 Å². The number of fused-ring (bicyclic) bond motifs is 1. The Hall–Kier alpha value is -1.83. The quantitative estimate of drug-likeness (QED) is 0.386. The average Bonchev–Trinajstić information content (AvgIpc) is 2.88. The number of benzene rings is 1. The van der Waals surface area contributed by atoms with Gasteiger partial charge in [-0.1, -0.05) is 6.07 Å². The molecule has 4 N–H and O–H groups in total. The van der Waals surface area contributed by atoms with Crippen molar-refractivity contribution in [1.82, 2.24) is 9.97 Å². The Morgan fingerprint density at radius 2 is 2.10 bits per heavy atom. The highest BCUT2D eigenvalue weighted by Crippen LogP contribution is 2.31. The van der Waals surface area contributed by atoms with Gasteiger partial charge in [0.05, 0.1) is 5.39 Å². The first-order valence-electron chi connectivity index (χ1n) is 6.35. The molecule has 2 aromatic heterocycles. The molecule has 0 amide bonds. The summed E-state index contributed by atoms with van der Waals surface area (Å²) in [6.45, 7) is 2.06. The van der Waals surface area contributed by atoms with Crippen molar-refractivity contribution in [1.29, 1.82) is 0 Å². The normalized spacial score (nSPS) is 10.8. The molecule has 108 valence electrons. The van der Waals surface area contributed by atoms with Gasteiger partial charge >= 0.3 is 0 Å². The minimum atomic E-state index is 0.410. The Kier molecular flexibility index (Phi) is 3.96. The van der Waals surface area contributed by atoms with Crippen molar-refractivity contribution in [2.75, 3.05) is 17.0 Å². The highest BCUT2D eigenvalue weighted by Gasteiger charge is 2.10. The molecule has 1 aromatic carbocycles. The maximum atomic E-state index is 5.45. The zero-order chi connectivity index (χ0) is 14.8. The fraction of sp³-hybridized carbons (Fsp3) is 0.143. The van der Waals surface area contributed by atoms with E-state index in [0.717, 1.165) is 21.7 Å². The van der Waals surface area contributed by atoms with Gasteiger partial charge in [-0.15, -0.1) is 23.1 Å². The number of nitrogens with two attached hydrogens (primary N) is 1. The van der Waals surface area contributed by atoms with Crippen LogP contribution in [-0.2, 0) is 0 Å². The number of thioether (sulfide) groups is 1. The van der Waals surface area contributed by atoms with Gasteiger partial charge in [0.25, 0.3) is 0 Å². The first-order chi connectivity index (χ1) is 10.2. The second kappa shape index (κ2) is 5.88. The third kappa shape index (κ3) is 2.94. The van der Waals surface area contributed by atoms with Crippen LogP contribution in [0.1, 0.15) is 4.88 Å². The van der Waals surface area contributed by atoms with Crippen molar-refractivity contribution in [3.05, 3.63) is 35.2 Å². The zero-order valence-corrected chi connectivity index (χ0v) is 13.3. The van der Waals surface area contributed by atoms with Crippen LogP contribution >= 0.6 is 23.1 Å². The second-order valence-electron chi connectivity index (χ2n) is 4.47. The van der Waals surface area contributed by atoms with Crippen LogP contribution in [0.25, 0.3) is 10.2 Å². The molecule has 0 atom stereocenters. The van der Waals surface area contributed by atoms with Gasteiger partial charge in [-0.05, 0) is 37.4 Å². The molecule has 0 bridgehead atoms. The van der Waals surface area contributed by atoms with Crippen molar-refractivity contribution in [3.63, 3.8) is 0 Å². The molecule has 0 saturated heterocycles. The van der Waals surface area contributed by atoms with Crippen LogP contribution in [0.4, 0.5) is 17.5 Å². The Balaban J connectivity index is 2.05. The highest BCUT2D eigenvalue weighted by atomic mass is 32.2. The smallest absolute Gasteiger partial charge is 0.240 e. The molecule has 2 heterocycles. The molecular weight excluding hydrogens is 302 g/mol. The Bertz CT molecular complexity index is 784. The van der Waals surface area contributed by atoms with Crippen molar-refractivity contribution < 1.29 is 0 Å². The third-order valence-corrected chi connectivity index (χ3v) is 4.65. The molecule has 0 spiro atoms. The van der Waals surface area contributed by atoms with E-state index in [9.17, 15) is 0 Å². The van der Waals surface area contributed by atoms with E-state index in [0.29, 0.717) is 5.95 Å². The zero-order valence-electron chi connectivity index (χ0n) is 11.7. The molecule has 0 unspecified atom stereocenters. The number of aryl methyl sites for hydroxylation is 1. The van der Waals surface area contributed by atoms with Gasteiger partial charge in [0, 0.05) is 15.5 Å². The van der Waals surface area contributed by atoms with E-state index in [4.69, 9.17) is 5.84 Å². The van der Waals surface area contributed by atoms with Crippen LogP contribution in [0.2, 0.25) is 0 Å². The van der Waals surface area contributed by atoms with Gasteiger partial charge < -0.3 is 5.32 Å². The number of aromatic nitrogens is 2. The maximum Gasteiger partial charge on any atom is 0.240 e. The molecule has 5 nitrogen and oxygen atoms in total. The van der Waals surface area contributed by atoms with Crippen molar-refractivity contribution in [2.45, 2.75) is 11.8 Å². The summed E-state index contributed by atoms with van der Waals surface area (Å²) in [6, 6.07) is 10.3. The molecule has 0 saturated carbocycles. The number of nitrogen functional groups attached to an aromatic ring is 1. The van der Waals surface area contributed by atoms with E-state index >= 15 is 0 Å². The average molecular weight is 317 g/mol. The first kappa shape index (κ1) is 14.1. The van der Waals surface area contributed by atoms with Crippen LogP contribution < -0.4 is 16.6 Å². The van der Waals surface area contributed by atoms with Gasteiger partial charge in [-0.25, -0.2) is 10.8 Å². The van der Waals surface area contributed by atoms with E-state index in [1.165, 1.54) is 9.77 Å². The lowest BCUT2D eigenvalue weighted by Gasteiger charge is -2.09. The lowest BCUT2D eigenvalue weighted by atomic mass is 10.3. The molecule has 0 aliphatic rings. The lowest BCUT2D eigenvalue weighted by Crippen LogP contribution is -2.11. The van der Waals surface area contributed by atoms with Gasteiger partial charge in [-0.3, -0.25) is 5.43 Å². The third-order valence-electron chi connectivity index (χ3n) is 2.98. The second-order valence-corrected chi connectivity index (χ2v) is 6.59. The van der Waals surface area contributed by atoms with E-state index < -0.39 is 0 Å². The number of hydrogen-bond acceptors (Lipinski definition) is 7. The summed E-state index contributed by atoms with van der Waals surface area (Å²) in [5.41, 5.74) is 3.51. The number of anilines is 3. The topological polar surface area (TPSA) is 75.9 Å². The molecule has 0 fully saturated rings. The summed E-state index contributed by atoms with van der Waals surface area (Å²) in [4.78, 5) is 12.1. The summed E-state index contributed by atoms with van der Waals surface area (Å²) >= 11 is 3.33. The molecule has 21 heavy (non-hydrogen) atoms. The van der Waals surface area contributed by atoms with Gasteiger partial charge in [0.2, 0.25) is 5.95 Å². The molecule has 0 aliphatic carbocycles. The number of rotatable bonds is 4. The lowest BCUT2D eigenvalue weighted by molar-refractivity contribution is 1.16. The molecule has 0 radical (unpaired) electrons. The van der Waals surface area contributed by atoms with Crippen molar-refractivity contribution >= 4 is 50.8 Å². The Morgan fingerprint density at radius 3 is 2.86 bits per heavy atom. The SMILES string of the molecule is CSc1cccc(Nc2nc(NN)nc3sc(C)cc23)c1. The fourth-order valence-corrected chi connectivity index (χ4v) is 3.38. The number of thiophene rings is 1. The number of nitrogens with one attached hydrogen (secondary N) is 2. The molecule has 0 aliphatic heterocycles. The monoisotopic (exact) mass is 317 g/mol. The van der Waals surface area contributed by atoms with E-state index in [1.54, 1.807) is 23.1 Å². The van der Waals surface area contributed by atoms with Crippen LogP contribution in [0.5, 0.6) is 0 Å². The molecule has 3 rings (SSSR count). The largest absolute Gasteiger partial charge is 0.339 e. The molecular formula is C14H15N5S2. The van der Waals surface area contributed by atoms with Crippen LogP contribution in [0.3, 0.4) is 0 Å². The summed E-state index contributed by atoms with van der Waals surface area (Å²) in [6.07, 6.45) is 2.06. The summed E-state index contributed by atoms with van der Waals surface area (Å²) in [5.74, 6) is 6.62. The predicted molar refractivity (Wildman–Crippen MR) is 91.5 cm³/mol. The van der Waals surface area contributed by atoms with E-state index in [1.807, 2.05) is 12.1 Å². The number of hydrazine groups is 1. The predicted octanol–water partition coefficient (Wildman–Crippen LogP) is 3.75. The fourth-order valence-electron chi connectivity index (χ4n) is 2.04. The highest BCUT2D eigenvalue weighted by molar-refractivity contribution is 7.98. The van der Waals surface area contributed by atoms with Gasteiger partial charge in [0.1, 0.15) is 10.6 Å². The van der Waals surface area contributed by atoms with Gasteiger partial charge in [0.15, 0.2) is 0 Å². The summed E-state index contributed by atoms with van der Waals surface area (Å²) < 4.78 is 0. The number of nitrogens with zero attached hydrogens (tertiary/aromatic N) is 2. The number of hydrogen-bond donors (Lipinski definition) is 3. The molecule has 7 heteroatoms. The van der Waals surface area contributed by atoms with Crippen LogP contribution in [-0.4, -0.2) is 16.2 Å². The van der Waals surface area contributed by atoms with Crippen molar-refractivity contribution in [3.8, 4) is 0 Å². The Morgan fingerprint density at radius 1 is 1.24 bits per heavy atom. The van der Waals surface area contributed by atoms with E-state index in [2.05, 4.69) is 52.1 Å². The van der Waals surface area contributed by atoms with Gasteiger partial charge in [-0.2, -0.15) is 4.98 Å². The maximum absolute atomic E-state index is 5.45. The van der Waals surface area contributed by atoms with Crippen LogP contribution in [0.15, 0.2) is 35.2 Å². The first-order valence-corrected chi connectivity index (χ1v) is 8.39. The summed E-state index contributed by atoms with van der Waals surface area (Å²) in [5, 5.41) is 4.36.